The number of nitrogens with zero attached hydrogens (tertiary/aromatic N) is 2. The molecule has 0 fully saturated rings. The van der Waals surface area contributed by atoms with Crippen molar-refractivity contribution in [2.45, 2.75) is 0 Å². The highest BCUT2D eigenvalue weighted by molar-refractivity contribution is 14.1. The third-order valence-electron chi connectivity index (χ3n) is 3.55. The summed E-state index contributed by atoms with van der Waals surface area (Å²) in [5.41, 5.74) is 2.18. The summed E-state index contributed by atoms with van der Waals surface area (Å²) in [5.74, 6) is -0.166. The summed E-state index contributed by atoms with van der Waals surface area (Å²) >= 11 is 2.02. The normalized spacial score (nSPS) is 11.2. The number of hydrogen-bond acceptors (Lipinski definition) is 6. The van der Waals surface area contributed by atoms with E-state index in [9.17, 15) is 10.1 Å². The van der Waals surface area contributed by atoms with Gasteiger partial charge in [0, 0.05) is 0 Å². The summed E-state index contributed by atoms with van der Waals surface area (Å²) in [6, 6.07) is 12.7. The summed E-state index contributed by atoms with van der Waals surface area (Å²) in [6.07, 6.45) is 1.62. The lowest BCUT2D eigenvalue weighted by Crippen LogP contribution is -2.11. The highest BCUT2D eigenvalue weighted by Gasteiger charge is 2.15. The van der Waals surface area contributed by atoms with Crippen LogP contribution in [0.2, 0.25) is 0 Å². The van der Waals surface area contributed by atoms with Gasteiger partial charge in [-0.05, 0) is 58.5 Å². The van der Waals surface area contributed by atoms with Gasteiger partial charge < -0.3 is 19.0 Å². The molecule has 8 heteroatoms. The molecule has 1 aromatic heterocycles. The summed E-state index contributed by atoms with van der Waals surface area (Å²) in [4.78, 5) is 15.1. The zero-order valence-corrected chi connectivity index (χ0v) is 16.3. The number of hydrogen-bond donors (Lipinski definition) is 1. The van der Waals surface area contributed by atoms with Gasteiger partial charge in [0.1, 0.15) is 17.2 Å². The zero-order chi connectivity index (χ0) is 19.4. The van der Waals surface area contributed by atoms with Crippen LogP contribution in [-0.2, 0) is 4.79 Å². The third kappa shape index (κ3) is 4.20. The fourth-order valence-electron chi connectivity index (χ4n) is 2.39. The van der Waals surface area contributed by atoms with Crippen LogP contribution in [0.15, 0.2) is 40.8 Å². The van der Waals surface area contributed by atoms with Crippen molar-refractivity contribution in [3.8, 4) is 17.6 Å². The molecule has 27 heavy (non-hydrogen) atoms. The van der Waals surface area contributed by atoms with Crippen LogP contribution in [0.4, 0.5) is 0 Å². The Kier molecular flexibility index (Phi) is 5.61. The molecule has 0 radical (unpaired) electrons. The Hall–Kier alpha value is -3.06. The first-order valence-electron chi connectivity index (χ1n) is 7.71. The lowest BCUT2D eigenvalue weighted by Gasteiger charge is -2.12. The van der Waals surface area contributed by atoms with Crippen molar-refractivity contribution in [3.63, 3.8) is 0 Å². The maximum Gasteiger partial charge on any atom is 0.341 e. The van der Waals surface area contributed by atoms with Crippen molar-refractivity contribution in [1.82, 2.24) is 4.98 Å². The molecule has 2 aromatic carbocycles. The minimum absolute atomic E-state index is 0.221. The first-order chi connectivity index (χ1) is 13.0. The second-order valence-electron chi connectivity index (χ2n) is 5.37. The summed E-state index contributed by atoms with van der Waals surface area (Å²) in [7, 11) is 1.46. The molecule has 3 rings (SSSR count). The van der Waals surface area contributed by atoms with E-state index in [2.05, 4.69) is 11.1 Å². The van der Waals surface area contributed by atoms with E-state index < -0.39 is 12.6 Å². The molecule has 0 bridgehead atoms. The predicted molar refractivity (Wildman–Crippen MR) is 106 cm³/mol. The van der Waals surface area contributed by atoms with Crippen molar-refractivity contribution >= 4 is 51.3 Å². The van der Waals surface area contributed by atoms with Crippen molar-refractivity contribution in [3.05, 3.63) is 51.4 Å². The lowest BCUT2D eigenvalue weighted by atomic mass is 10.1. The van der Waals surface area contributed by atoms with Crippen LogP contribution in [0.25, 0.3) is 22.7 Å². The molecule has 1 heterocycles. The fourth-order valence-corrected chi connectivity index (χ4v) is 3.17. The Bertz CT molecular complexity index is 1050. The maximum atomic E-state index is 10.7. The molecule has 7 nitrogen and oxygen atoms in total. The molecule has 0 atom stereocenters. The van der Waals surface area contributed by atoms with Gasteiger partial charge in [0.25, 0.3) is 0 Å². The number of benzene rings is 2. The van der Waals surface area contributed by atoms with Gasteiger partial charge >= 0.3 is 5.97 Å². The average Bonchev–Trinajstić information content (AvgIpc) is 3.08. The van der Waals surface area contributed by atoms with E-state index in [0.717, 1.165) is 0 Å². The summed E-state index contributed by atoms with van der Waals surface area (Å²) in [6.45, 7) is -0.478. The first-order valence-corrected chi connectivity index (χ1v) is 8.79. The number of allylic oxidation sites excluding steroid dienone is 1. The van der Waals surface area contributed by atoms with E-state index in [4.69, 9.17) is 19.0 Å². The van der Waals surface area contributed by atoms with E-state index >= 15 is 0 Å². The molecule has 1 N–H and O–H groups in total. The number of para-hydroxylation sites is 2. The minimum Gasteiger partial charge on any atom is -0.493 e. The highest BCUT2D eigenvalue weighted by Crippen LogP contribution is 2.35. The fraction of sp³-hybridized carbons (Fsp3) is 0.105. The van der Waals surface area contributed by atoms with Crippen LogP contribution < -0.4 is 9.47 Å². The molecule has 0 unspecified atom stereocenters. The SMILES string of the molecule is COc1cc(/C=C(\C#N)c2nc3ccccc3o2)cc(I)c1OCC(=O)O. The molecule has 0 saturated carbocycles. The minimum atomic E-state index is -1.08. The molecule has 0 aliphatic heterocycles. The number of aromatic nitrogens is 1. The van der Waals surface area contributed by atoms with Crippen LogP contribution in [0.3, 0.4) is 0 Å². The number of carboxylic acids is 1. The molecular weight excluding hydrogens is 463 g/mol. The third-order valence-corrected chi connectivity index (χ3v) is 4.35. The first kappa shape index (κ1) is 18.7. The van der Waals surface area contributed by atoms with E-state index in [1.54, 1.807) is 30.3 Å². The number of methoxy groups -OCH3 is 1. The number of rotatable bonds is 6. The Morgan fingerprint density at radius 2 is 2.19 bits per heavy atom. The topological polar surface area (TPSA) is 106 Å². The van der Waals surface area contributed by atoms with Crippen molar-refractivity contribution < 1.29 is 23.8 Å². The summed E-state index contributed by atoms with van der Waals surface area (Å²) < 4.78 is 16.9. The van der Waals surface area contributed by atoms with E-state index in [1.165, 1.54) is 7.11 Å². The molecule has 0 aliphatic rings. The number of aliphatic carboxylic acids is 1. The van der Waals surface area contributed by atoms with Gasteiger partial charge in [-0.2, -0.15) is 5.26 Å². The van der Waals surface area contributed by atoms with Gasteiger partial charge in [-0.3, -0.25) is 0 Å². The van der Waals surface area contributed by atoms with Crippen molar-refractivity contribution in [2.75, 3.05) is 13.7 Å². The largest absolute Gasteiger partial charge is 0.493 e. The number of carboxylic acid groups (broad SMARTS) is 1. The molecule has 0 amide bonds. The van der Waals surface area contributed by atoms with Gasteiger partial charge in [-0.25, -0.2) is 9.78 Å². The number of ether oxygens (including phenoxy) is 2. The number of nitriles is 1. The highest BCUT2D eigenvalue weighted by atomic mass is 127. The molecule has 0 aliphatic carbocycles. The van der Waals surface area contributed by atoms with Gasteiger partial charge in [0.15, 0.2) is 23.7 Å². The lowest BCUT2D eigenvalue weighted by molar-refractivity contribution is -0.139. The van der Waals surface area contributed by atoms with Gasteiger partial charge in [-0.15, -0.1) is 0 Å². The number of halogens is 1. The predicted octanol–water partition coefficient (Wildman–Crippen LogP) is 3.97. The van der Waals surface area contributed by atoms with Gasteiger partial charge in [0.2, 0.25) is 5.89 Å². The number of carbonyl (C=O) groups is 1. The zero-order valence-electron chi connectivity index (χ0n) is 14.1. The van der Waals surface area contributed by atoms with E-state index in [0.29, 0.717) is 31.7 Å². The van der Waals surface area contributed by atoms with Crippen LogP contribution >= 0.6 is 22.6 Å². The molecule has 0 spiro atoms. The van der Waals surface area contributed by atoms with E-state index in [-0.39, 0.29) is 11.5 Å². The van der Waals surface area contributed by atoms with Gasteiger partial charge in [-0.1, -0.05) is 12.1 Å². The van der Waals surface area contributed by atoms with E-state index in [1.807, 2.05) is 34.7 Å². The second kappa shape index (κ2) is 8.09. The Morgan fingerprint density at radius 3 is 2.85 bits per heavy atom. The van der Waals surface area contributed by atoms with Crippen LogP contribution in [0.5, 0.6) is 11.5 Å². The molecule has 0 saturated heterocycles. The average molecular weight is 476 g/mol. The number of oxazole rings is 1. The smallest absolute Gasteiger partial charge is 0.341 e. The Morgan fingerprint density at radius 1 is 1.41 bits per heavy atom. The maximum absolute atomic E-state index is 10.7. The standard InChI is InChI=1S/C19H13IN2O5/c1-25-16-8-11(7-13(20)18(16)26-10-17(23)24)6-12(9-21)19-22-14-4-2-3-5-15(14)27-19/h2-8H,10H2,1H3,(H,23,24)/b12-6+. The van der Waals surface area contributed by atoms with Crippen molar-refractivity contribution in [1.29, 1.82) is 5.26 Å². The Labute approximate surface area is 168 Å². The van der Waals surface area contributed by atoms with Crippen LogP contribution in [0, 0.1) is 14.9 Å². The molecular formula is C19H13IN2O5. The van der Waals surface area contributed by atoms with Gasteiger partial charge in [0.05, 0.1) is 10.7 Å². The Balaban J connectivity index is 2.00. The quantitative estimate of drug-likeness (QED) is 0.424. The van der Waals surface area contributed by atoms with Crippen LogP contribution in [-0.4, -0.2) is 29.8 Å². The van der Waals surface area contributed by atoms with Crippen molar-refractivity contribution in [2.24, 2.45) is 0 Å². The second-order valence-corrected chi connectivity index (χ2v) is 6.54. The summed E-state index contributed by atoms with van der Waals surface area (Å²) in [5, 5.41) is 18.3. The molecule has 3 aromatic rings. The van der Waals surface area contributed by atoms with Crippen LogP contribution in [0.1, 0.15) is 11.5 Å². The molecule has 136 valence electrons. The monoisotopic (exact) mass is 476 g/mol. The number of fused-ring (bicyclic) bond motifs is 1.